The van der Waals surface area contributed by atoms with E-state index in [1.54, 1.807) is 19.2 Å². The Morgan fingerprint density at radius 1 is 1.44 bits per heavy atom. The summed E-state index contributed by atoms with van der Waals surface area (Å²) in [6.45, 7) is 6.27. The van der Waals surface area contributed by atoms with Crippen molar-refractivity contribution in [3.05, 3.63) is 33.0 Å². The summed E-state index contributed by atoms with van der Waals surface area (Å²) in [4.78, 5) is 0. The van der Waals surface area contributed by atoms with Crippen molar-refractivity contribution in [1.82, 2.24) is 5.32 Å². The highest BCUT2D eigenvalue weighted by Crippen LogP contribution is 2.30. The van der Waals surface area contributed by atoms with Crippen LogP contribution in [0.3, 0.4) is 0 Å². The van der Waals surface area contributed by atoms with Gasteiger partial charge in [-0.2, -0.15) is 0 Å². The van der Waals surface area contributed by atoms with Gasteiger partial charge in [0, 0.05) is 10.0 Å². The van der Waals surface area contributed by atoms with Crippen LogP contribution in [0.1, 0.15) is 32.4 Å². The summed E-state index contributed by atoms with van der Waals surface area (Å²) in [6, 6.07) is 3.22. The van der Waals surface area contributed by atoms with Crippen LogP contribution in [0.25, 0.3) is 0 Å². The molecule has 0 aliphatic carbocycles. The smallest absolute Gasteiger partial charge is 0.147 e. The Hall–Kier alpha value is -0.160. The van der Waals surface area contributed by atoms with Gasteiger partial charge in [0.25, 0.3) is 0 Å². The fourth-order valence-electron chi connectivity index (χ4n) is 1.47. The maximum Gasteiger partial charge on any atom is 0.147 e. The predicted octanol–water partition coefficient (Wildman–Crippen LogP) is 4.32. The largest absolute Gasteiger partial charge is 0.374 e. The van der Waals surface area contributed by atoms with E-state index >= 15 is 0 Å². The van der Waals surface area contributed by atoms with E-state index in [1.807, 2.05) is 20.8 Å². The lowest BCUT2D eigenvalue weighted by molar-refractivity contribution is -0.0143. The highest BCUT2D eigenvalue weighted by Gasteiger charge is 2.20. The first kappa shape index (κ1) is 15.9. The Kier molecular flexibility index (Phi) is 5.59. The molecule has 0 aromatic heterocycles. The van der Waals surface area contributed by atoms with E-state index in [0.29, 0.717) is 16.6 Å². The van der Waals surface area contributed by atoms with Gasteiger partial charge in [-0.3, -0.25) is 0 Å². The average Bonchev–Trinajstić information content (AvgIpc) is 2.28. The van der Waals surface area contributed by atoms with Crippen LogP contribution in [-0.2, 0) is 4.74 Å². The van der Waals surface area contributed by atoms with E-state index in [0.717, 1.165) is 0 Å². The number of ether oxygens (including phenoxy) is 1. The molecule has 5 heteroatoms. The normalized spacial score (nSPS) is 13.7. The quantitative estimate of drug-likeness (QED) is 0.826. The van der Waals surface area contributed by atoms with Crippen molar-refractivity contribution in [3.63, 3.8) is 0 Å². The SMILES string of the molecule is CNC(COC(C)(C)C)c1ccc(Br)c(Cl)c1F. The van der Waals surface area contributed by atoms with Gasteiger partial charge in [-0.1, -0.05) is 17.7 Å². The van der Waals surface area contributed by atoms with Gasteiger partial charge in [0.2, 0.25) is 0 Å². The van der Waals surface area contributed by atoms with Gasteiger partial charge in [0.05, 0.1) is 23.3 Å². The number of nitrogens with one attached hydrogen (secondary N) is 1. The summed E-state index contributed by atoms with van der Waals surface area (Å²) in [5.41, 5.74) is 0.250. The zero-order valence-electron chi connectivity index (χ0n) is 11.0. The molecule has 0 radical (unpaired) electrons. The van der Waals surface area contributed by atoms with Gasteiger partial charge in [-0.15, -0.1) is 0 Å². The Morgan fingerprint density at radius 2 is 2.06 bits per heavy atom. The average molecular weight is 339 g/mol. The van der Waals surface area contributed by atoms with Crippen LogP contribution < -0.4 is 5.32 Å². The van der Waals surface area contributed by atoms with E-state index in [2.05, 4.69) is 21.2 Å². The molecule has 0 aliphatic heterocycles. The zero-order valence-corrected chi connectivity index (χ0v) is 13.3. The first-order valence-electron chi connectivity index (χ1n) is 5.71. The lowest BCUT2D eigenvalue weighted by Crippen LogP contribution is -2.29. The van der Waals surface area contributed by atoms with Gasteiger partial charge < -0.3 is 10.1 Å². The van der Waals surface area contributed by atoms with Crippen molar-refractivity contribution < 1.29 is 9.13 Å². The maximum absolute atomic E-state index is 14.1. The van der Waals surface area contributed by atoms with Crippen LogP contribution in [0.4, 0.5) is 4.39 Å². The van der Waals surface area contributed by atoms with E-state index in [9.17, 15) is 4.39 Å². The van der Waals surface area contributed by atoms with Gasteiger partial charge in [-0.25, -0.2) is 4.39 Å². The molecule has 0 fully saturated rings. The molecule has 1 unspecified atom stereocenters. The number of hydrogen-bond donors (Lipinski definition) is 1. The summed E-state index contributed by atoms with van der Waals surface area (Å²) >= 11 is 9.08. The van der Waals surface area contributed by atoms with Gasteiger partial charge in [0.15, 0.2) is 0 Å². The van der Waals surface area contributed by atoms with E-state index in [4.69, 9.17) is 16.3 Å². The fraction of sp³-hybridized carbons (Fsp3) is 0.538. The highest BCUT2D eigenvalue weighted by molar-refractivity contribution is 9.10. The van der Waals surface area contributed by atoms with Crippen LogP contribution in [-0.4, -0.2) is 19.3 Å². The molecule has 0 saturated heterocycles. The van der Waals surface area contributed by atoms with Crippen LogP contribution >= 0.6 is 27.5 Å². The summed E-state index contributed by atoms with van der Waals surface area (Å²) in [5, 5.41) is 3.14. The Labute approximate surface area is 121 Å². The first-order chi connectivity index (χ1) is 8.26. The van der Waals surface area contributed by atoms with Gasteiger partial charge >= 0.3 is 0 Å². The maximum atomic E-state index is 14.1. The van der Waals surface area contributed by atoms with Crippen LogP contribution in [0.5, 0.6) is 0 Å². The minimum Gasteiger partial charge on any atom is -0.374 e. The third-order valence-electron chi connectivity index (χ3n) is 2.47. The van der Waals surface area contributed by atoms with Crippen molar-refractivity contribution in [2.75, 3.05) is 13.7 Å². The Bertz CT molecular complexity index is 420. The second-order valence-electron chi connectivity index (χ2n) is 5.03. The minimum absolute atomic E-state index is 0.100. The summed E-state index contributed by atoms with van der Waals surface area (Å²) in [6.07, 6.45) is 0. The molecule has 18 heavy (non-hydrogen) atoms. The number of halogens is 3. The second-order valence-corrected chi connectivity index (χ2v) is 6.26. The van der Waals surface area contributed by atoms with E-state index in [-0.39, 0.29) is 16.7 Å². The molecule has 1 rings (SSSR count). The summed E-state index contributed by atoms with van der Waals surface area (Å²) < 4.78 is 20.3. The van der Waals surface area contributed by atoms with Crippen LogP contribution in [0.2, 0.25) is 5.02 Å². The van der Waals surface area contributed by atoms with Crippen LogP contribution in [0.15, 0.2) is 16.6 Å². The molecule has 0 bridgehead atoms. The number of benzene rings is 1. The van der Waals surface area contributed by atoms with Crippen molar-refractivity contribution >= 4 is 27.5 Å². The predicted molar refractivity (Wildman–Crippen MR) is 76.6 cm³/mol. The second kappa shape index (κ2) is 6.33. The van der Waals surface area contributed by atoms with Crippen molar-refractivity contribution in [2.45, 2.75) is 32.4 Å². The van der Waals surface area contributed by atoms with Gasteiger partial charge in [-0.05, 0) is 49.8 Å². The molecule has 0 heterocycles. The molecule has 2 nitrogen and oxygen atoms in total. The Balaban J connectivity index is 2.92. The summed E-state index contributed by atoms with van der Waals surface area (Å²) in [5.74, 6) is -0.414. The molecule has 0 spiro atoms. The fourth-order valence-corrected chi connectivity index (χ4v) is 1.95. The van der Waals surface area contributed by atoms with Crippen molar-refractivity contribution in [1.29, 1.82) is 0 Å². The van der Waals surface area contributed by atoms with E-state index < -0.39 is 5.82 Å². The third kappa shape index (κ3) is 4.19. The van der Waals surface area contributed by atoms with E-state index in [1.165, 1.54) is 0 Å². The Morgan fingerprint density at radius 3 is 2.56 bits per heavy atom. The van der Waals surface area contributed by atoms with Crippen LogP contribution in [0, 0.1) is 5.82 Å². The molecule has 1 N–H and O–H groups in total. The topological polar surface area (TPSA) is 21.3 Å². The molecular formula is C13H18BrClFNO. The molecule has 102 valence electrons. The molecule has 0 saturated carbocycles. The molecule has 1 aromatic carbocycles. The molecule has 0 aliphatic rings. The molecule has 1 aromatic rings. The summed E-state index contributed by atoms with van der Waals surface area (Å²) in [7, 11) is 1.77. The number of likely N-dealkylation sites (N-methyl/N-ethyl adjacent to an activating group) is 1. The first-order valence-corrected chi connectivity index (χ1v) is 6.88. The standard InChI is InChI=1S/C13H18BrClFNO/c1-13(2,3)18-7-10(17-4)8-5-6-9(14)11(15)12(8)16/h5-6,10,17H,7H2,1-4H3. The minimum atomic E-state index is -0.414. The third-order valence-corrected chi connectivity index (χ3v) is 3.73. The van der Waals surface area contributed by atoms with Crippen molar-refractivity contribution in [3.8, 4) is 0 Å². The number of hydrogen-bond acceptors (Lipinski definition) is 2. The number of rotatable bonds is 4. The highest BCUT2D eigenvalue weighted by atomic mass is 79.9. The molecule has 0 amide bonds. The lowest BCUT2D eigenvalue weighted by atomic mass is 10.1. The molecule has 1 atom stereocenters. The molecular weight excluding hydrogens is 321 g/mol. The zero-order chi connectivity index (χ0) is 13.9. The van der Waals surface area contributed by atoms with Gasteiger partial charge in [0.1, 0.15) is 5.82 Å². The monoisotopic (exact) mass is 337 g/mol. The lowest BCUT2D eigenvalue weighted by Gasteiger charge is -2.25. The van der Waals surface area contributed by atoms with Crippen molar-refractivity contribution in [2.24, 2.45) is 0 Å².